The lowest BCUT2D eigenvalue weighted by molar-refractivity contribution is 0.150. The molecule has 0 N–H and O–H groups in total. The van der Waals surface area contributed by atoms with Crippen molar-refractivity contribution in [3.63, 3.8) is 0 Å². The molecule has 1 heterocycles. The highest BCUT2D eigenvalue weighted by Crippen LogP contribution is 2.30. The van der Waals surface area contributed by atoms with Crippen LogP contribution < -0.4 is 0 Å². The van der Waals surface area contributed by atoms with E-state index in [2.05, 4.69) is 36.8 Å². The summed E-state index contributed by atoms with van der Waals surface area (Å²) in [5.41, 5.74) is 0.0665. The lowest BCUT2D eigenvalue weighted by atomic mass is 10.2. The summed E-state index contributed by atoms with van der Waals surface area (Å²) < 4.78 is 25.8. The van der Waals surface area contributed by atoms with Crippen molar-refractivity contribution in [3.8, 4) is 0 Å². The molecule has 0 radical (unpaired) electrons. The van der Waals surface area contributed by atoms with Crippen LogP contribution in [0, 0.1) is 0 Å². The van der Waals surface area contributed by atoms with Crippen LogP contribution in [0.25, 0.3) is 0 Å². The molecular formula is C7H4Br2ClF2N. The number of hydrogen-bond donors (Lipinski definition) is 0. The summed E-state index contributed by atoms with van der Waals surface area (Å²) in [5, 5.41) is 0. The van der Waals surface area contributed by atoms with E-state index in [4.69, 9.17) is 11.6 Å². The topological polar surface area (TPSA) is 12.9 Å². The van der Waals surface area contributed by atoms with Gasteiger partial charge in [0.2, 0.25) is 0 Å². The summed E-state index contributed by atoms with van der Waals surface area (Å²) in [6, 6.07) is 1.32. The maximum atomic E-state index is 12.4. The maximum Gasteiger partial charge on any atom is 0.265 e. The van der Waals surface area contributed by atoms with E-state index in [1.165, 1.54) is 6.07 Å². The molecule has 0 aliphatic rings. The average molecular weight is 335 g/mol. The number of nitrogens with zero attached hydrogens (tertiary/aromatic N) is 1. The lowest BCUT2D eigenvalue weighted by Gasteiger charge is -2.06. The van der Waals surface area contributed by atoms with Gasteiger partial charge in [0.05, 0.1) is 16.0 Å². The van der Waals surface area contributed by atoms with Gasteiger partial charge in [0.15, 0.2) is 0 Å². The van der Waals surface area contributed by atoms with E-state index in [0.29, 0.717) is 9.08 Å². The molecule has 0 atom stereocenters. The van der Waals surface area contributed by atoms with Crippen molar-refractivity contribution >= 4 is 43.5 Å². The molecule has 13 heavy (non-hydrogen) atoms. The number of alkyl halides is 3. The Labute approximate surface area is 95.8 Å². The number of pyridine rings is 1. The van der Waals surface area contributed by atoms with Crippen LogP contribution in [0.4, 0.5) is 8.78 Å². The summed E-state index contributed by atoms with van der Waals surface area (Å²) in [6.07, 6.45) is -2.55. The standard InChI is InChI=1S/C7H4Br2ClF2N/c8-4-1-3(7(11)12)5(2-10)13-6(4)9/h1,7H,2H2. The third-order valence-electron chi connectivity index (χ3n) is 1.41. The Bertz CT molecular complexity index is 320. The van der Waals surface area contributed by atoms with Gasteiger partial charge in [0.1, 0.15) is 4.60 Å². The van der Waals surface area contributed by atoms with Gasteiger partial charge in [-0.15, -0.1) is 11.6 Å². The molecule has 0 saturated carbocycles. The molecule has 0 fully saturated rings. The number of aromatic nitrogens is 1. The van der Waals surface area contributed by atoms with Crippen molar-refractivity contribution in [1.82, 2.24) is 4.98 Å². The highest BCUT2D eigenvalue weighted by atomic mass is 79.9. The first-order valence-electron chi connectivity index (χ1n) is 3.25. The molecule has 0 aliphatic carbocycles. The first kappa shape index (κ1) is 11.3. The van der Waals surface area contributed by atoms with Crippen molar-refractivity contribution in [1.29, 1.82) is 0 Å². The van der Waals surface area contributed by atoms with Crippen LogP contribution in [-0.2, 0) is 5.88 Å². The average Bonchev–Trinajstić information content (AvgIpc) is 2.08. The van der Waals surface area contributed by atoms with E-state index in [0.717, 1.165) is 0 Å². The van der Waals surface area contributed by atoms with E-state index >= 15 is 0 Å². The minimum atomic E-state index is -2.55. The normalized spacial score (nSPS) is 10.9. The van der Waals surface area contributed by atoms with Gasteiger partial charge in [-0.25, -0.2) is 13.8 Å². The molecule has 1 aromatic heterocycles. The molecule has 0 bridgehead atoms. The van der Waals surface area contributed by atoms with Gasteiger partial charge in [0.25, 0.3) is 6.43 Å². The second-order valence-electron chi connectivity index (χ2n) is 2.23. The van der Waals surface area contributed by atoms with Crippen LogP contribution in [0.5, 0.6) is 0 Å². The zero-order valence-corrected chi connectivity index (χ0v) is 10.1. The minimum absolute atomic E-state index is 0.0223. The predicted octanol–water partition coefficient (Wildman–Crippen LogP) is 4.28. The summed E-state index contributed by atoms with van der Waals surface area (Å²) in [7, 11) is 0. The van der Waals surface area contributed by atoms with E-state index in [9.17, 15) is 8.78 Å². The molecule has 1 nitrogen and oxygen atoms in total. The monoisotopic (exact) mass is 333 g/mol. The van der Waals surface area contributed by atoms with Gasteiger partial charge < -0.3 is 0 Å². The van der Waals surface area contributed by atoms with Crippen LogP contribution in [-0.4, -0.2) is 4.98 Å². The van der Waals surface area contributed by atoms with Gasteiger partial charge in [-0.1, -0.05) is 0 Å². The number of rotatable bonds is 2. The highest BCUT2D eigenvalue weighted by Gasteiger charge is 2.15. The Morgan fingerprint density at radius 3 is 2.54 bits per heavy atom. The fourth-order valence-electron chi connectivity index (χ4n) is 0.812. The lowest BCUT2D eigenvalue weighted by Crippen LogP contribution is -1.97. The largest absolute Gasteiger partial charge is 0.265 e. The van der Waals surface area contributed by atoms with Crippen LogP contribution in [0.15, 0.2) is 15.1 Å². The molecule has 0 unspecified atom stereocenters. The minimum Gasteiger partial charge on any atom is -0.243 e. The van der Waals surface area contributed by atoms with E-state index < -0.39 is 6.43 Å². The van der Waals surface area contributed by atoms with Crippen LogP contribution >= 0.6 is 43.5 Å². The van der Waals surface area contributed by atoms with Crippen molar-refractivity contribution in [3.05, 3.63) is 26.4 Å². The van der Waals surface area contributed by atoms with E-state index in [1.54, 1.807) is 0 Å². The maximum absolute atomic E-state index is 12.4. The number of halogens is 5. The van der Waals surface area contributed by atoms with Gasteiger partial charge in [-0.2, -0.15) is 0 Å². The van der Waals surface area contributed by atoms with Crippen LogP contribution in [0.1, 0.15) is 17.7 Å². The summed E-state index contributed by atoms with van der Waals surface area (Å²) >= 11 is 11.7. The molecule has 72 valence electrons. The third kappa shape index (κ3) is 2.60. The van der Waals surface area contributed by atoms with Crippen molar-refractivity contribution < 1.29 is 8.78 Å². The molecular weight excluding hydrogens is 331 g/mol. The molecule has 0 spiro atoms. The first-order valence-corrected chi connectivity index (χ1v) is 5.37. The second kappa shape index (κ2) is 4.66. The molecule has 1 aromatic rings. The zero-order chi connectivity index (χ0) is 10.0. The molecule has 1 rings (SSSR count). The van der Waals surface area contributed by atoms with E-state index in [1.807, 2.05) is 0 Å². The molecule has 0 aromatic carbocycles. The van der Waals surface area contributed by atoms with Crippen LogP contribution in [0.3, 0.4) is 0 Å². The molecule has 0 aliphatic heterocycles. The Hall–Kier alpha value is 0.260. The van der Waals surface area contributed by atoms with Gasteiger partial charge in [-0.05, 0) is 37.9 Å². The summed E-state index contributed by atoms with van der Waals surface area (Å²) in [6.45, 7) is 0. The molecule has 0 amide bonds. The Balaban J connectivity index is 3.25. The highest BCUT2D eigenvalue weighted by molar-refractivity contribution is 9.13. The van der Waals surface area contributed by atoms with Gasteiger partial charge in [-0.3, -0.25) is 0 Å². The smallest absolute Gasteiger partial charge is 0.243 e. The second-order valence-corrected chi connectivity index (χ2v) is 4.10. The Kier molecular flexibility index (Phi) is 4.06. The van der Waals surface area contributed by atoms with Crippen molar-refractivity contribution in [2.45, 2.75) is 12.3 Å². The molecule has 0 saturated heterocycles. The van der Waals surface area contributed by atoms with Crippen molar-refractivity contribution in [2.24, 2.45) is 0 Å². The molecule has 6 heteroatoms. The van der Waals surface area contributed by atoms with E-state index in [-0.39, 0.29) is 17.1 Å². The fraction of sp³-hybridized carbons (Fsp3) is 0.286. The Morgan fingerprint density at radius 1 is 1.46 bits per heavy atom. The Morgan fingerprint density at radius 2 is 2.08 bits per heavy atom. The quantitative estimate of drug-likeness (QED) is 0.581. The first-order chi connectivity index (χ1) is 6.06. The third-order valence-corrected chi connectivity index (χ3v) is 3.40. The van der Waals surface area contributed by atoms with Gasteiger partial charge >= 0.3 is 0 Å². The van der Waals surface area contributed by atoms with Crippen molar-refractivity contribution in [2.75, 3.05) is 0 Å². The predicted molar refractivity (Wildman–Crippen MR) is 54.2 cm³/mol. The SMILES string of the molecule is FC(F)c1cc(Br)c(Br)nc1CCl. The summed E-state index contributed by atoms with van der Waals surface area (Å²) in [5.74, 6) is -0.0223. The summed E-state index contributed by atoms with van der Waals surface area (Å²) in [4.78, 5) is 3.87. The zero-order valence-electron chi connectivity index (χ0n) is 6.20. The fourth-order valence-corrected chi connectivity index (χ4v) is 1.69. The van der Waals surface area contributed by atoms with Gasteiger partial charge in [0, 0.05) is 5.56 Å². The van der Waals surface area contributed by atoms with Crippen LogP contribution in [0.2, 0.25) is 0 Å². The number of hydrogen-bond acceptors (Lipinski definition) is 1.